The molecule has 1 saturated heterocycles. The van der Waals surface area contributed by atoms with Crippen LogP contribution < -0.4 is 10.2 Å². The molecule has 2 unspecified atom stereocenters. The first-order chi connectivity index (χ1) is 9.24. The highest BCUT2D eigenvalue weighted by Gasteiger charge is 2.21. The fourth-order valence-corrected chi connectivity index (χ4v) is 2.56. The van der Waals surface area contributed by atoms with E-state index in [9.17, 15) is 0 Å². The summed E-state index contributed by atoms with van der Waals surface area (Å²) in [5, 5.41) is 3.27. The van der Waals surface area contributed by atoms with Gasteiger partial charge in [-0.15, -0.1) is 0 Å². The molecule has 2 atom stereocenters. The summed E-state index contributed by atoms with van der Waals surface area (Å²) in [6.07, 6.45) is 4.60. The summed E-state index contributed by atoms with van der Waals surface area (Å²) in [5.74, 6) is 1.07. The Hall–Kier alpha value is -1.13. The minimum absolute atomic E-state index is 0.353. The lowest BCUT2D eigenvalue weighted by Crippen LogP contribution is -2.40. The van der Waals surface area contributed by atoms with Gasteiger partial charge in [0.05, 0.1) is 6.10 Å². The van der Waals surface area contributed by atoms with Crippen molar-refractivity contribution in [3.8, 4) is 0 Å². The molecule has 4 nitrogen and oxygen atoms in total. The molecular formula is C15H25N3O. The van der Waals surface area contributed by atoms with E-state index < -0.39 is 0 Å². The predicted molar refractivity (Wildman–Crippen MR) is 78.6 cm³/mol. The lowest BCUT2D eigenvalue weighted by Gasteiger charge is -2.33. The van der Waals surface area contributed by atoms with Crippen LogP contribution in [0.3, 0.4) is 0 Å². The number of ether oxygens (including phenoxy) is 1. The Labute approximate surface area is 116 Å². The van der Waals surface area contributed by atoms with Gasteiger partial charge in [-0.3, -0.25) is 0 Å². The van der Waals surface area contributed by atoms with Crippen LogP contribution in [0.2, 0.25) is 0 Å². The van der Waals surface area contributed by atoms with E-state index in [-0.39, 0.29) is 0 Å². The van der Waals surface area contributed by atoms with E-state index in [1.807, 2.05) is 13.2 Å². The van der Waals surface area contributed by atoms with Gasteiger partial charge in [0.2, 0.25) is 0 Å². The number of pyridine rings is 1. The minimum atomic E-state index is 0.353. The van der Waals surface area contributed by atoms with Crippen LogP contribution in [-0.4, -0.2) is 37.8 Å². The maximum atomic E-state index is 5.75. The normalized spacial score (nSPS) is 21.4. The first-order valence-electron chi connectivity index (χ1n) is 7.24. The third-order valence-electron chi connectivity index (χ3n) is 3.81. The van der Waals surface area contributed by atoms with Gasteiger partial charge in [0.1, 0.15) is 5.82 Å². The number of piperidine rings is 1. The van der Waals surface area contributed by atoms with E-state index in [0.29, 0.717) is 12.1 Å². The lowest BCUT2D eigenvalue weighted by molar-refractivity contribution is 0.0525. The molecule has 2 rings (SSSR count). The molecule has 0 amide bonds. The zero-order chi connectivity index (χ0) is 13.7. The van der Waals surface area contributed by atoms with Gasteiger partial charge in [-0.25, -0.2) is 4.98 Å². The van der Waals surface area contributed by atoms with Crippen molar-refractivity contribution in [1.82, 2.24) is 10.3 Å². The van der Waals surface area contributed by atoms with Crippen LogP contribution in [0.15, 0.2) is 18.3 Å². The monoisotopic (exact) mass is 263 g/mol. The summed E-state index contributed by atoms with van der Waals surface area (Å²) in [7, 11) is 1.98. The third-order valence-corrected chi connectivity index (χ3v) is 3.81. The summed E-state index contributed by atoms with van der Waals surface area (Å²) in [4.78, 5) is 6.86. The number of anilines is 1. The molecule has 0 spiro atoms. The zero-order valence-electron chi connectivity index (χ0n) is 12.2. The Morgan fingerprint density at radius 3 is 3.16 bits per heavy atom. The molecule has 19 heavy (non-hydrogen) atoms. The average Bonchev–Trinajstić information content (AvgIpc) is 2.47. The summed E-state index contributed by atoms with van der Waals surface area (Å²) in [5.41, 5.74) is 1.28. The van der Waals surface area contributed by atoms with Gasteiger partial charge >= 0.3 is 0 Å². The van der Waals surface area contributed by atoms with E-state index in [0.717, 1.165) is 31.9 Å². The number of nitrogens with one attached hydrogen (secondary N) is 1. The van der Waals surface area contributed by atoms with Crippen molar-refractivity contribution in [3.63, 3.8) is 0 Å². The molecule has 1 fully saturated rings. The molecule has 1 aliphatic rings. The Kier molecular flexibility index (Phi) is 5.16. The number of hydrogen-bond donors (Lipinski definition) is 1. The maximum Gasteiger partial charge on any atom is 0.128 e. The first kappa shape index (κ1) is 14.3. The van der Waals surface area contributed by atoms with Gasteiger partial charge in [0.25, 0.3) is 0 Å². The topological polar surface area (TPSA) is 37.4 Å². The Bertz CT molecular complexity index is 395. The third kappa shape index (κ3) is 3.67. The van der Waals surface area contributed by atoms with Crippen molar-refractivity contribution in [2.24, 2.45) is 0 Å². The molecule has 2 heterocycles. The van der Waals surface area contributed by atoms with Crippen LogP contribution >= 0.6 is 0 Å². The molecule has 1 N–H and O–H groups in total. The molecule has 0 radical (unpaired) electrons. The molecule has 1 aromatic rings. The molecule has 106 valence electrons. The van der Waals surface area contributed by atoms with Crippen molar-refractivity contribution >= 4 is 5.82 Å². The molecule has 0 saturated carbocycles. The van der Waals surface area contributed by atoms with Gasteiger partial charge in [-0.05, 0) is 51.4 Å². The van der Waals surface area contributed by atoms with E-state index in [1.54, 1.807) is 0 Å². The highest BCUT2D eigenvalue weighted by molar-refractivity contribution is 5.42. The van der Waals surface area contributed by atoms with Gasteiger partial charge in [0.15, 0.2) is 0 Å². The number of nitrogens with zero attached hydrogens (tertiary/aromatic N) is 2. The Morgan fingerprint density at radius 2 is 2.42 bits per heavy atom. The number of hydrogen-bond acceptors (Lipinski definition) is 4. The van der Waals surface area contributed by atoms with Crippen LogP contribution in [0.25, 0.3) is 0 Å². The van der Waals surface area contributed by atoms with E-state index in [1.165, 1.54) is 12.0 Å². The maximum absolute atomic E-state index is 5.75. The summed E-state index contributed by atoms with van der Waals surface area (Å²) in [6.45, 7) is 7.06. The second-order valence-corrected chi connectivity index (χ2v) is 5.12. The fourth-order valence-electron chi connectivity index (χ4n) is 2.56. The quantitative estimate of drug-likeness (QED) is 0.885. The van der Waals surface area contributed by atoms with Gasteiger partial charge < -0.3 is 15.0 Å². The summed E-state index contributed by atoms with van der Waals surface area (Å²) < 4.78 is 5.75. The van der Waals surface area contributed by atoms with Crippen LogP contribution in [0.4, 0.5) is 5.82 Å². The van der Waals surface area contributed by atoms with E-state index >= 15 is 0 Å². The van der Waals surface area contributed by atoms with E-state index in [4.69, 9.17) is 4.74 Å². The Balaban J connectivity index is 2.08. The molecular weight excluding hydrogens is 238 g/mol. The molecule has 0 aliphatic carbocycles. The number of rotatable bonds is 5. The van der Waals surface area contributed by atoms with Crippen molar-refractivity contribution in [1.29, 1.82) is 0 Å². The minimum Gasteiger partial charge on any atom is -0.377 e. The van der Waals surface area contributed by atoms with Crippen LogP contribution in [-0.2, 0) is 4.74 Å². The largest absolute Gasteiger partial charge is 0.377 e. The molecule has 1 aromatic heterocycles. The van der Waals surface area contributed by atoms with Gasteiger partial charge in [-0.1, -0.05) is 0 Å². The lowest BCUT2D eigenvalue weighted by atomic mass is 10.1. The van der Waals surface area contributed by atoms with Crippen molar-refractivity contribution in [2.45, 2.75) is 38.8 Å². The molecule has 4 heteroatoms. The second-order valence-electron chi connectivity index (χ2n) is 5.12. The molecule has 0 aromatic carbocycles. The van der Waals surface area contributed by atoms with E-state index in [2.05, 4.69) is 41.2 Å². The predicted octanol–water partition coefficient (Wildman–Crippen LogP) is 2.37. The second kappa shape index (κ2) is 6.87. The smallest absolute Gasteiger partial charge is 0.128 e. The van der Waals surface area contributed by atoms with Crippen molar-refractivity contribution in [2.75, 3.05) is 31.6 Å². The SMILES string of the molecule is CCOC1CCCN(c2cc(C(C)NC)ccn2)C1. The van der Waals surface area contributed by atoms with Crippen molar-refractivity contribution in [3.05, 3.63) is 23.9 Å². The average molecular weight is 263 g/mol. The van der Waals surface area contributed by atoms with Crippen molar-refractivity contribution < 1.29 is 4.74 Å². The first-order valence-corrected chi connectivity index (χ1v) is 7.24. The van der Waals surface area contributed by atoms with Gasteiger partial charge in [-0.2, -0.15) is 0 Å². The summed E-state index contributed by atoms with van der Waals surface area (Å²) >= 11 is 0. The Morgan fingerprint density at radius 1 is 1.58 bits per heavy atom. The fraction of sp³-hybridized carbons (Fsp3) is 0.667. The molecule has 1 aliphatic heterocycles. The summed E-state index contributed by atoms with van der Waals surface area (Å²) in [6, 6.07) is 4.62. The zero-order valence-corrected chi connectivity index (χ0v) is 12.2. The van der Waals surface area contributed by atoms with Crippen LogP contribution in [0, 0.1) is 0 Å². The highest BCUT2D eigenvalue weighted by Crippen LogP contribution is 2.22. The van der Waals surface area contributed by atoms with Crippen LogP contribution in [0.5, 0.6) is 0 Å². The molecule has 0 bridgehead atoms. The number of aromatic nitrogens is 1. The standard InChI is InChI=1S/C15H25N3O/c1-4-19-14-6-5-9-18(11-14)15-10-13(7-8-17-15)12(2)16-3/h7-8,10,12,14,16H,4-6,9,11H2,1-3H3. The van der Waals surface area contributed by atoms with Crippen LogP contribution in [0.1, 0.15) is 38.3 Å². The van der Waals surface area contributed by atoms with Gasteiger partial charge in [0, 0.05) is 31.9 Å². The highest BCUT2D eigenvalue weighted by atomic mass is 16.5.